The monoisotopic (exact) mass is 987 g/mol. The molecule has 0 aliphatic carbocycles. The highest BCUT2D eigenvalue weighted by Gasteiger charge is 2.60. The van der Waals surface area contributed by atoms with E-state index in [2.05, 4.69) is 15.0 Å². The first kappa shape index (κ1) is 48.5. The molecule has 5 aliphatic rings. The Morgan fingerprint density at radius 3 is 1.69 bits per heavy atom. The number of aryl methyl sites for hydroxylation is 2. The Morgan fingerprint density at radius 2 is 1.20 bits per heavy atom. The third kappa shape index (κ3) is 10.4. The summed E-state index contributed by atoms with van der Waals surface area (Å²) in [6.45, 7) is -0.165. The number of aromatic amines is 2. The van der Waals surface area contributed by atoms with Gasteiger partial charge >= 0.3 is 40.9 Å². The highest BCUT2D eigenvalue weighted by atomic mass is 31.2. The molecule has 3 amide bonds. The van der Waals surface area contributed by atoms with Gasteiger partial charge in [0.1, 0.15) is 55.3 Å². The standard InChI is InChI=1S/C30H40N9O23P3/c1-11-6-37(27(44)34-23(11)41)19-3-13(16(8-40)57-19)61-64(51,52)56-10-18-15(5-21(59-18)39-29(46)32-22-25(43)33-26(31)36-30(22,39)47)62-65(53,54)55-9-17-14(60-63(48,49)50)4-20(58-17)38-7-12(2)24(42)35-28(38)45/h6-7,13-21,40,47H,3-5,8-10H2,1-2H3,(H,51,52)(H,53,54)(H,34,41,44)(H,35,42,45)(H2,48,49,50)(H3,31,33,36,43)/t13-,14-,15-,16+,17+,18+,19+,20+,21+,30+/m0/s1. The van der Waals surface area contributed by atoms with Crippen LogP contribution in [-0.4, -0.2) is 146 Å². The number of aliphatic hydroxyl groups is 2. The predicted molar refractivity (Wildman–Crippen MR) is 207 cm³/mol. The summed E-state index contributed by atoms with van der Waals surface area (Å²) in [5.41, 5.74) is 1.64. The van der Waals surface area contributed by atoms with E-state index < -0.39 is 163 Å². The molecule has 35 heteroatoms. The van der Waals surface area contributed by atoms with Crippen LogP contribution in [0.3, 0.4) is 0 Å². The summed E-state index contributed by atoms with van der Waals surface area (Å²) in [7, 11) is -16.0. The van der Waals surface area contributed by atoms with Crippen LogP contribution < -0.4 is 33.5 Å². The number of hydrogen-bond donors (Lipinski definition) is 10. The topological polar surface area (TPSA) is 456 Å². The van der Waals surface area contributed by atoms with Gasteiger partial charge in [0.2, 0.25) is 0 Å². The lowest BCUT2D eigenvalue weighted by molar-refractivity contribution is -0.131. The minimum atomic E-state index is -5.46. The molecule has 2 aromatic rings. The summed E-state index contributed by atoms with van der Waals surface area (Å²) in [5, 5.41) is 23.4. The van der Waals surface area contributed by atoms with E-state index >= 15 is 0 Å². The zero-order chi connectivity index (χ0) is 47.6. The van der Waals surface area contributed by atoms with Crippen molar-refractivity contribution in [2.45, 2.75) is 94.3 Å². The van der Waals surface area contributed by atoms with E-state index in [9.17, 15) is 72.2 Å². The lowest BCUT2D eigenvalue weighted by Gasteiger charge is -2.35. The van der Waals surface area contributed by atoms with Crippen molar-refractivity contribution in [1.29, 1.82) is 0 Å². The zero-order valence-corrected chi connectivity index (χ0v) is 36.1. The minimum Gasteiger partial charge on any atom is -0.394 e. The van der Waals surface area contributed by atoms with Crippen LogP contribution in [0, 0.1) is 13.8 Å². The molecule has 0 radical (unpaired) electrons. The van der Waals surface area contributed by atoms with Gasteiger partial charge in [-0.2, -0.15) is 9.98 Å². The fourth-order valence-corrected chi connectivity index (χ4v) is 9.88. The zero-order valence-electron chi connectivity index (χ0n) is 33.4. The molecule has 65 heavy (non-hydrogen) atoms. The number of ether oxygens (including phenoxy) is 3. The smallest absolute Gasteiger partial charge is 0.394 e. The number of H-pyrrole nitrogens is 2. The number of carbonyl (C=O) groups is 2. The van der Waals surface area contributed by atoms with Crippen LogP contribution in [-0.2, 0) is 55.3 Å². The Balaban J connectivity index is 1.08. The molecule has 0 spiro atoms. The van der Waals surface area contributed by atoms with E-state index in [0.717, 1.165) is 21.5 Å². The van der Waals surface area contributed by atoms with Crippen LogP contribution in [0.25, 0.3) is 0 Å². The number of phosphoric acid groups is 3. The van der Waals surface area contributed by atoms with Gasteiger partial charge in [-0.1, -0.05) is 0 Å². The second-order valence-corrected chi connectivity index (χ2v) is 18.9. The van der Waals surface area contributed by atoms with Crippen LogP contribution in [0.2, 0.25) is 0 Å². The molecule has 7 rings (SSSR count). The van der Waals surface area contributed by atoms with Gasteiger partial charge in [0.05, 0.1) is 19.8 Å². The van der Waals surface area contributed by atoms with E-state index in [0.29, 0.717) is 4.90 Å². The fraction of sp³-hybridized carbons (Fsp3) is 0.600. The molecule has 7 heterocycles. The van der Waals surface area contributed by atoms with Crippen molar-refractivity contribution >= 4 is 47.1 Å². The highest BCUT2D eigenvalue weighted by Crippen LogP contribution is 2.52. The lowest BCUT2D eigenvalue weighted by Crippen LogP contribution is -2.63. The summed E-state index contributed by atoms with van der Waals surface area (Å²) in [6.07, 6.45) is -13.2. The number of guanidine groups is 1. The minimum absolute atomic E-state index is 0.0483. The largest absolute Gasteiger partial charge is 0.472 e. The molecule has 2 unspecified atom stereocenters. The quantitative estimate of drug-likeness (QED) is 0.0714. The van der Waals surface area contributed by atoms with Crippen LogP contribution in [0.4, 0.5) is 4.79 Å². The van der Waals surface area contributed by atoms with E-state index in [1.54, 1.807) is 0 Å². The first-order chi connectivity index (χ1) is 30.3. The van der Waals surface area contributed by atoms with Gasteiger partial charge in [-0.25, -0.2) is 33.0 Å². The molecule has 0 saturated carbocycles. The Kier molecular flexibility index (Phi) is 13.4. The number of aromatic nitrogens is 4. The van der Waals surface area contributed by atoms with Crippen LogP contribution in [0.1, 0.15) is 42.8 Å². The van der Waals surface area contributed by atoms with Crippen molar-refractivity contribution in [1.82, 2.24) is 29.3 Å². The van der Waals surface area contributed by atoms with Crippen molar-refractivity contribution in [3.63, 3.8) is 0 Å². The van der Waals surface area contributed by atoms with Crippen molar-refractivity contribution < 1.29 is 89.9 Å². The molecule has 11 N–H and O–H groups in total. The van der Waals surface area contributed by atoms with Gasteiger partial charge < -0.3 is 49.7 Å². The number of phosphoric ester groups is 3. The maximum atomic E-state index is 13.5. The Morgan fingerprint density at radius 1 is 0.754 bits per heavy atom. The molecule has 32 nitrogen and oxygen atoms in total. The van der Waals surface area contributed by atoms with E-state index in [4.69, 9.17) is 42.6 Å². The average molecular weight is 988 g/mol. The summed E-state index contributed by atoms with van der Waals surface area (Å²) in [4.78, 5) is 127. The van der Waals surface area contributed by atoms with E-state index in [1.165, 1.54) is 13.8 Å². The van der Waals surface area contributed by atoms with E-state index in [-0.39, 0.29) is 17.5 Å². The second kappa shape index (κ2) is 18.0. The molecular formula is C30H40N9O23P3. The number of urea groups is 1. The molecule has 358 valence electrons. The molecule has 0 bridgehead atoms. The fourth-order valence-electron chi connectivity index (χ4n) is 7.39. The van der Waals surface area contributed by atoms with Crippen molar-refractivity contribution in [2.75, 3.05) is 19.8 Å². The predicted octanol–water partition coefficient (Wildman–Crippen LogP) is -4.16. The maximum absolute atomic E-state index is 13.5. The average Bonchev–Trinajstić information content (AvgIpc) is 3.94. The normalized spacial score (nSPS) is 32.2. The summed E-state index contributed by atoms with van der Waals surface area (Å²) >= 11 is 0. The second-order valence-electron chi connectivity index (χ2n) is 14.9. The number of aliphatic hydroxyl groups excluding tert-OH is 1. The van der Waals surface area contributed by atoms with Crippen molar-refractivity contribution in [2.24, 2.45) is 15.7 Å². The third-order valence-corrected chi connectivity index (χ3v) is 12.9. The van der Waals surface area contributed by atoms with Crippen molar-refractivity contribution in [3.05, 3.63) is 65.2 Å². The highest BCUT2D eigenvalue weighted by molar-refractivity contribution is 7.47. The van der Waals surface area contributed by atoms with Crippen LogP contribution in [0.15, 0.2) is 41.6 Å². The van der Waals surface area contributed by atoms with Crippen LogP contribution >= 0.6 is 23.5 Å². The molecular weight excluding hydrogens is 947 g/mol. The number of nitrogens with one attached hydrogen (secondary N) is 3. The van der Waals surface area contributed by atoms with Gasteiger partial charge in [-0.15, -0.1) is 0 Å². The first-order valence-electron chi connectivity index (χ1n) is 18.8. The van der Waals surface area contributed by atoms with Gasteiger partial charge in [0.15, 0.2) is 11.7 Å². The van der Waals surface area contributed by atoms with Gasteiger partial charge in [0.25, 0.3) is 22.9 Å². The summed E-state index contributed by atoms with van der Waals surface area (Å²) in [6, 6.07) is -1.33. The Hall–Kier alpha value is -4.43. The number of nitrogens with zero attached hydrogens (tertiary/aromatic N) is 5. The third-order valence-electron chi connectivity index (χ3n) is 10.3. The molecule has 12 atom stereocenters. The summed E-state index contributed by atoms with van der Waals surface area (Å²) < 4.78 is 83.3. The molecule has 5 aliphatic heterocycles. The number of carbonyl (C=O) groups excluding carboxylic acids is 2. The van der Waals surface area contributed by atoms with Gasteiger partial charge in [-0.3, -0.25) is 61.4 Å². The SMILES string of the molecule is Cc1cn([C@H]2C[C@H](OP(=O)(O)O)[C@@H](COP(=O)(O)O[C@H]3C[C@H](N4C(=O)N=C5C(=O)NC(N)=N[C@]54O)O[C@@H]3COP(=O)(O)O[C@H]3C[C@H](n4cc(C)c(=O)[nH]c4=O)O[C@@H]3CO)O2)c(=O)[nH]c1=O. The molecule has 2 aromatic heterocycles. The number of hydrogen-bond acceptors (Lipinski definition) is 21. The summed E-state index contributed by atoms with van der Waals surface area (Å²) in [5.74, 6) is -4.69. The number of aliphatic imine (C=N–C) groups is 2. The van der Waals surface area contributed by atoms with Gasteiger partial charge in [-0.05, 0) is 13.8 Å². The first-order valence-corrected chi connectivity index (χ1v) is 23.4. The lowest BCUT2D eigenvalue weighted by atomic mass is 10.1. The Labute approximate surface area is 361 Å². The molecule has 3 saturated heterocycles. The molecule has 0 aromatic carbocycles. The van der Waals surface area contributed by atoms with Crippen LogP contribution in [0.5, 0.6) is 0 Å². The van der Waals surface area contributed by atoms with E-state index in [1.807, 2.05) is 10.3 Å². The molecule has 3 fully saturated rings. The van der Waals surface area contributed by atoms with Gasteiger partial charge in [0, 0.05) is 42.8 Å². The number of fused-ring (bicyclic) bond motifs is 1. The Bertz CT molecular complexity index is 2700. The number of rotatable bonds is 16. The number of amides is 3. The van der Waals surface area contributed by atoms with Crippen molar-refractivity contribution in [3.8, 4) is 0 Å². The number of nitrogens with two attached hydrogens (primary N) is 1. The maximum Gasteiger partial charge on any atom is 0.472 e.